The Morgan fingerprint density at radius 3 is 1.11 bits per heavy atom. The maximum Gasteiger partial charge on any atom is 0.237 e. The van der Waals surface area contributed by atoms with Crippen molar-refractivity contribution in [2.45, 2.75) is 0 Å². The third kappa shape index (κ3) is 3.16. The Kier molecular flexibility index (Phi) is 4.57. The molecular formula is C36H20N6O2. The van der Waals surface area contributed by atoms with Crippen molar-refractivity contribution >= 4 is 45.7 Å². The van der Waals surface area contributed by atoms with Gasteiger partial charge in [0.2, 0.25) is 11.9 Å². The molecule has 0 unspecified atom stereocenters. The number of ether oxygens (including phenoxy) is 2. The number of hydrogen-bond acceptors (Lipinski definition) is 8. The van der Waals surface area contributed by atoms with Gasteiger partial charge in [0.15, 0.2) is 28.6 Å². The quantitative estimate of drug-likeness (QED) is 0.204. The van der Waals surface area contributed by atoms with Crippen LogP contribution in [-0.4, -0.2) is 19.9 Å². The van der Waals surface area contributed by atoms with Crippen molar-refractivity contribution in [2.75, 3.05) is 9.80 Å². The second kappa shape index (κ2) is 8.62. The van der Waals surface area contributed by atoms with Crippen LogP contribution in [0.1, 0.15) is 0 Å². The summed E-state index contributed by atoms with van der Waals surface area (Å²) >= 11 is 0. The summed E-state index contributed by atoms with van der Waals surface area (Å²) in [5.41, 5.74) is 7.61. The van der Waals surface area contributed by atoms with Gasteiger partial charge in [-0.05, 0) is 48.5 Å². The zero-order chi connectivity index (χ0) is 28.8. The minimum absolute atomic E-state index is 0.505. The molecule has 10 rings (SSSR count). The van der Waals surface area contributed by atoms with Gasteiger partial charge in [-0.25, -0.2) is 9.97 Å². The van der Waals surface area contributed by atoms with E-state index in [1.807, 2.05) is 119 Å². The van der Waals surface area contributed by atoms with Crippen molar-refractivity contribution in [3.63, 3.8) is 0 Å². The minimum Gasteiger partial charge on any atom is -0.453 e. The van der Waals surface area contributed by atoms with E-state index in [4.69, 9.17) is 29.4 Å². The van der Waals surface area contributed by atoms with Crippen molar-refractivity contribution in [3.05, 3.63) is 121 Å². The van der Waals surface area contributed by atoms with Gasteiger partial charge in [-0.1, -0.05) is 72.8 Å². The van der Waals surface area contributed by atoms with Crippen LogP contribution in [0, 0.1) is 0 Å². The molecule has 2 aliphatic heterocycles. The summed E-state index contributed by atoms with van der Waals surface area (Å²) in [6.07, 6.45) is 0. The highest BCUT2D eigenvalue weighted by molar-refractivity contribution is 6.11. The Hall–Kier alpha value is -6.28. The highest BCUT2D eigenvalue weighted by Crippen LogP contribution is 2.53. The predicted octanol–water partition coefficient (Wildman–Crippen LogP) is 9.22. The van der Waals surface area contributed by atoms with Gasteiger partial charge in [-0.15, -0.1) is 0 Å². The lowest BCUT2D eigenvalue weighted by Crippen LogP contribution is -2.20. The highest BCUT2D eigenvalue weighted by Gasteiger charge is 2.34. The van der Waals surface area contributed by atoms with Gasteiger partial charge < -0.3 is 9.47 Å². The van der Waals surface area contributed by atoms with Gasteiger partial charge in [-0.2, -0.15) is 9.97 Å². The van der Waals surface area contributed by atoms with Crippen molar-refractivity contribution in [1.29, 1.82) is 0 Å². The number of aromatic nitrogens is 4. The normalized spacial score (nSPS) is 13.3. The Labute approximate surface area is 251 Å². The SMILES string of the molecule is c1ccc2c(c1)Oc1ccccc1N2c1nc2c3c(nc(N4c5ccccc5Oc5ccccc54)nc3n1)-c1ccccc1-2. The lowest BCUT2D eigenvalue weighted by atomic mass is 10.1. The second-order valence-electron chi connectivity index (χ2n) is 10.7. The summed E-state index contributed by atoms with van der Waals surface area (Å²) in [6.45, 7) is 0. The predicted molar refractivity (Wildman–Crippen MR) is 169 cm³/mol. The van der Waals surface area contributed by atoms with Crippen molar-refractivity contribution in [3.8, 4) is 45.5 Å². The average Bonchev–Trinajstić information content (AvgIpc) is 3.40. The van der Waals surface area contributed by atoms with E-state index in [1.54, 1.807) is 0 Å². The molecule has 8 heteroatoms. The molecule has 7 aromatic rings. The van der Waals surface area contributed by atoms with Crippen LogP contribution in [-0.2, 0) is 0 Å². The fourth-order valence-corrected chi connectivity index (χ4v) is 6.34. The van der Waals surface area contributed by atoms with Crippen molar-refractivity contribution in [2.24, 2.45) is 0 Å². The monoisotopic (exact) mass is 568 g/mol. The molecule has 44 heavy (non-hydrogen) atoms. The van der Waals surface area contributed by atoms with Crippen LogP contribution in [0.15, 0.2) is 121 Å². The van der Waals surface area contributed by atoms with E-state index >= 15 is 0 Å². The molecule has 0 saturated carbocycles. The largest absolute Gasteiger partial charge is 0.453 e. The molecule has 8 nitrogen and oxygen atoms in total. The Balaban J connectivity index is 1.27. The summed E-state index contributed by atoms with van der Waals surface area (Å²) in [6, 6.07) is 40.0. The van der Waals surface area contributed by atoms with Gasteiger partial charge in [0.1, 0.15) is 0 Å². The number of hydrogen-bond donors (Lipinski definition) is 0. The number of rotatable bonds is 2. The van der Waals surface area contributed by atoms with E-state index < -0.39 is 0 Å². The van der Waals surface area contributed by atoms with E-state index in [1.165, 1.54) is 0 Å². The molecule has 1 aliphatic carbocycles. The summed E-state index contributed by atoms with van der Waals surface area (Å²) in [7, 11) is 0. The Bertz CT molecular complexity index is 2090. The molecule has 2 aromatic heterocycles. The third-order valence-electron chi connectivity index (χ3n) is 8.23. The van der Waals surface area contributed by atoms with Crippen LogP contribution in [0.25, 0.3) is 33.5 Å². The molecular weight excluding hydrogens is 548 g/mol. The first-order chi connectivity index (χ1) is 21.8. The number of para-hydroxylation sites is 8. The van der Waals surface area contributed by atoms with Crippen LogP contribution < -0.4 is 19.3 Å². The summed E-state index contributed by atoms with van der Waals surface area (Å²) < 4.78 is 12.5. The van der Waals surface area contributed by atoms with Crippen molar-refractivity contribution < 1.29 is 9.47 Å². The van der Waals surface area contributed by atoms with Crippen LogP contribution >= 0.6 is 0 Å². The number of fused-ring (bicyclic) bond motifs is 7. The molecule has 0 bridgehead atoms. The Morgan fingerprint density at radius 1 is 0.386 bits per heavy atom. The number of benzene rings is 5. The summed E-state index contributed by atoms with van der Waals surface area (Å²) in [5, 5.41) is 0.836. The number of anilines is 6. The van der Waals surface area contributed by atoms with Gasteiger partial charge in [0.05, 0.1) is 39.5 Å². The van der Waals surface area contributed by atoms with E-state index in [9.17, 15) is 0 Å². The van der Waals surface area contributed by atoms with Gasteiger partial charge >= 0.3 is 0 Å². The van der Waals surface area contributed by atoms with Gasteiger partial charge in [-0.3, -0.25) is 9.80 Å². The zero-order valence-electron chi connectivity index (χ0n) is 23.0. The second-order valence-corrected chi connectivity index (χ2v) is 10.7. The lowest BCUT2D eigenvalue weighted by molar-refractivity contribution is 0.476. The summed E-state index contributed by atoms with van der Waals surface area (Å²) in [5.74, 6) is 3.95. The summed E-state index contributed by atoms with van der Waals surface area (Å²) in [4.78, 5) is 24.8. The zero-order valence-corrected chi connectivity index (χ0v) is 23.0. The van der Waals surface area contributed by atoms with Crippen LogP contribution in [0.5, 0.6) is 23.0 Å². The first-order valence-electron chi connectivity index (χ1n) is 14.3. The first kappa shape index (κ1) is 23.3. The lowest BCUT2D eigenvalue weighted by Gasteiger charge is -2.32. The van der Waals surface area contributed by atoms with Crippen LogP contribution in [0.4, 0.5) is 34.6 Å². The topological polar surface area (TPSA) is 76.5 Å². The molecule has 0 N–H and O–H groups in total. The highest BCUT2D eigenvalue weighted by atomic mass is 16.5. The molecule has 4 heterocycles. The van der Waals surface area contributed by atoms with E-state index in [-0.39, 0.29) is 0 Å². The van der Waals surface area contributed by atoms with Crippen molar-refractivity contribution in [1.82, 2.24) is 19.9 Å². The number of nitrogens with zero attached hydrogens (tertiary/aromatic N) is 6. The van der Waals surface area contributed by atoms with E-state index in [0.29, 0.717) is 17.5 Å². The maximum absolute atomic E-state index is 6.26. The maximum atomic E-state index is 6.26. The molecule has 0 radical (unpaired) electrons. The van der Waals surface area contributed by atoms with Crippen LogP contribution in [0.2, 0.25) is 0 Å². The van der Waals surface area contributed by atoms with Crippen LogP contribution in [0.3, 0.4) is 0 Å². The molecule has 0 spiro atoms. The van der Waals surface area contributed by atoms with E-state index in [0.717, 1.165) is 73.6 Å². The van der Waals surface area contributed by atoms with E-state index in [2.05, 4.69) is 12.1 Å². The van der Waals surface area contributed by atoms with Gasteiger partial charge in [0.25, 0.3) is 0 Å². The fourth-order valence-electron chi connectivity index (χ4n) is 6.34. The molecule has 3 aliphatic rings. The molecule has 0 saturated heterocycles. The molecule has 0 fully saturated rings. The molecule has 5 aromatic carbocycles. The molecule has 0 atom stereocenters. The molecule has 0 amide bonds. The standard InChI is InChI=1S/C36H20N6O2/c1-2-12-22-21(11-1)32-31-33(22)38-36(42-25-15-5-9-19-29(25)44-30-20-10-6-16-26(30)42)40-34(31)39-35(37-32)41-23-13-3-7-17-27(23)43-28-18-8-4-14-24(28)41/h1-20H. The minimum atomic E-state index is 0.505. The average molecular weight is 569 g/mol. The molecule has 206 valence electrons. The smallest absolute Gasteiger partial charge is 0.237 e. The van der Waals surface area contributed by atoms with Gasteiger partial charge in [0, 0.05) is 11.1 Å². The third-order valence-corrected chi connectivity index (χ3v) is 8.23. The first-order valence-corrected chi connectivity index (χ1v) is 14.3. The fraction of sp³-hybridized carbons (Fsp3) is 0. The Morgan fingerprint density at radius 2 is 0.727 bits per heavy atom.